The molecule has 0 fully saturated rings. The van der Waals surface area contributed by atoms with Crippen LogP contribution in [0.4, 0.5) is 10.5 Å². The number of anilines is 1. The maximum Gasteiger partial charge on any atom is 0.407 e. The third kappa shape index (κ3) is 5.61. The fourth-order valence-corrected chi connectivity index (χ4v) is 3.48. The first-order valence-corrected chi connectivity index (χ1v) is 9.64. The number of amides is 2. The van der Waals surface area contributed by atoms with Crippen LogP contribution in [0, 0.1) is 0 Å². The van der Waals surface area contributed by atoms with Crippen molar-refractivity contribution in [2.45, 2.75) is 52.3 Å². The Bertz CT molecular complexity index is 780. The number of hydrazine groups is 1. The minimum absolute atomic E-state index is 0.0747. The van der Waals surface area contributed by atoms with Gasteiger partial charge >= 0.3 is 6.09 Å². The van der Waals surface area contributed by atoms with E-state index >= 15 is 0 Å². The first-order valence-electron chi connectivity index (χ1n) is 9.64. The molecule has 160 valence electrons. The number of benzene rings is 1. The van der Waals surface area contributed by atoms with E-state index in [1.807, 2.05) is 19.1 Å². The molecule has 9 heteroatoms. The fourth-order valence-electron chi connectivity index (χ4n) is 3.48. The van der Waals surface area contributed by atoms with Gasteiger partial charge in [-0.15, -0.1) is 0 Å². The summed E-state index contributed by atoms with van der Waals surface area (Å²) in [5, 5.41) is 13.2. The number of alkyl carbamates (subject to hydrolysis) is 1. The van der Waals surface area contributed by atoms with E-state index in [-0.39, 0.29) is 37.2 Å². The van der Waals surface area contributed by atoms with Crippen LogP contribution >= 0.6 is 0 Å². The second kappa shape index (κ2) is 9.62. The van der Waals surface area contributed by atoms with E-state index in [0.29, 0.717) is 17.7 Å². The third-order valence-corrected chi connectivity index (χ3v) is 4.65. The average Bonchev–Trinajstić information content (AvgIpc) is 2.60. The van der Waals surface area contributed by atoms with Gasteiger partial charge in [0, 0.05) is 24.9 Å². The van der Waals surface area contributed by atoms with Crippen LogP contribution in [0.5, 0.6) is 0 Å². The van der Waals surface area contributed by atoms with Crippen molar-refractivity contribution in [3.05, 3.63) is 35.5 Å². The fraction of sp³-hybridized carbons (Fsp3) is 0.500. The zero-order valence-corrected chi connectivity index (χ0v) is 17.4. The van der Waals surface area contributed by atoms with Crippen LogP contribution in [0.3, 0.4) is 0 Å². The number of nitrogens with one attached hydrogen (secondary N) is 1. The molecule has 2 rings (SSSR count). The second-order valence-corrected chi connectivity index (χ2v) is 7.44. The summed E-state index contributed by atoms with van der Waals surface area (Å²) in [6, 6.07) is 5.04. The molecule has 0 radical (unpaired) electrons. The molecule has 0 spiro atoms. The number of aliphatic hydroxyl groups is 1. The number of ether oxygens (including phenoxy) is 1. The van der Waals surface area contributed by atoms with E-state index in [2.05, 4.69) is 5.32 Å². The van der Waals surface area contributed by atoms with E-state index in [1.165, 1.54) is 18.1 Å². The molecule has 1 aliphatic rings. The molecule has 6 N–H and O–H groups in total. The Labute approximate surface area is 171 Å². The van der Waals surface area contributed by atoms with Crippen LogP contribution < -0.4 is 21.8 Å². The van der Waals surface area contributed by atoms with Crippen LogP contribution in [-0.4, -0.2) is 47.4 Å². The van der Waals surface area contributed by atoms with Crippen LogP contribution in [0.1, 0.15) is 51.3 Å². The smallest absolute Gasteiger partial charge is 0.407 e. The topological polar surface area (TPSA) is 134 Å². The van der Waals surface area contributed by atoms with Crippen LogP contribution in [-0.2, 0) is 9.53 Å². The highest BCUT2D eigenvalue weighted by Gasteiger charge is 2.33. The molecule has 0 saturated heterocycles. The molecule has 1 aromatic rings. The number of aliphatic hydroxyl groups excluding tert-OH is 1. The highest BCUT2D eigenvalue weighted by Crippen LogP contribution is 2.38. The predicted molar refractivity (Wildman–Crippen MR) is 111 cm³/mol. The quantitative estimate of drug-likeness (QED) is 0.415. The molecule has 0 aliphatic carbocycles. The number of hydrogen-bond donors (Lipinski definition) is 4. The van der Waals surface area contributed by atoms with Crippen molar-refractivity contribution in [1.82, 2.24) is 10.3 Å². The summed E-state index contributed by atoms with van der Waals surface area (Å²) in [6.45, 7) is 7.17. The van der Waals surface area contributed by atoms with Crippen molar-refractivity contribution in [3.8, 4) is 0 Å². The van der Waals surface area contributed by atoms with E-state index in [4.69, 9.17) is 21.4 Å². The first kappa shape index (κ1) is 22.5. The van der Waals surface area contributed by atoms with Gasteiger partial charge in [0.05, 0.1) is 31.0 Å². The largest absolute Gasteiger partial charge is 0.447 e. The van der Waals surface area contributed by atoms with Crippen molar-refractivity contribution in [2.75, 3.05) is 18.1 Å². The lowest BCUT2D eigenvalue weighted by atomic mass is 9.90. The van der Waals surface area contributed by atoms with Crippen molar-refractivity contribution >= 4 is 23.4 Å². The molecule has 0 saturated carbocycles. The van der Waals surface area contributed by atoms with Gasteiger partial charge in [0.15, 0.2) is 0 Å². The number of nitrogens with zero attached hydrogens (tertiary/aromatic N) is 2. The lowest BCUT2D eigenvalue weighted by molar-refractivity contribution is -0.117. The molecule has 0 aromatic heterocycles. The summed E-state index contributed by atoms with van der Waals surface area (Å²) in [5.41, 5.74) is 8.76. The van der Waals surface area contributed by atoms with Crippen LogP contribution in [0.2, 0.25) is 0 Å². The number of carbonyl (C=O) groups excluding carboxylic acids is 2. The molecule has 1 aromatic carbocycles. The Hall–Kier alpha value is -2.78. The summed E-state index contributed by atoms with van der Waals surface area (Å²) in [7, 11) is 0. The van der Waals surface area contributed by atoms with Gasteiger partial charge in [-0.25, -0.2) is 10.6 Å². The number of rotatable bonds is 6. The Morgan fingerprint density at radius 3 is 2.72 bits per heavy atom. The normalized spacial score (nSPS) is 19.0. The number of carbonyl (C=O) groups is 2. The lowest BCUT2D eigenvalue weighted by Crippen LogP contribution is -2.45. The highest BCUT2D eigenvalue weighted by atomic mass is 16.6. The zero-order valence-electron chi connectivity index (χ0n) is 17.4. The zero-order chi connectivity index (χ0) is 21.7. The molecule has 29 heavy (non-hydrogen) atoms. The van der Waals surface area contributed by atoms with E-state index < -0.39 is 6.09 Å². The Morgan fingerprint density at radius 2 is 2.14 bits per heavy atom. The van der Waals surface area contributed by atoms with Gasteiger partial charge in [-0.05, 0) is 50.5 Å². The molecule has 2 amide bonds. The van der Waals surface area contributed by atoms with E-state index in [1.54, 1.807) is 24.8 Å². The van der Waals surface area contributed by atoms with Gasteiger partial charge in [0.25, 0.3) is 0 Å². The van der Waals surface area contributed by atoms with Crippen molar-refractivity contribution < 1.29 is 19.4 Å². The van der Waals surface area contributed by atoms with Gasteiger partial charge < -0.3 is 30.8 Å². The van der Waals surface area contributed by atoms with E-state index in [9.17, 15) is 9.59 Å². The Kier molecular flexibility index (Phi) is 7.46. The first-order chi connectivity index (χ1) is 13.6. The molecule has 2 atom stereocenters. The third-order valence-electron chi connectivity index (χ3n) is 4.65. The van der Waals surface area contributed by atoms with Crippen LogP contribution in [0.25, 0.3) is 5.70 Å². The number of hydrogen-bond acceptors (Lipinski definition) is 7. The number of nitrogens with two attached hydrogens (primary N) is 2. The molecule has 9 nitrogen and oxygen atoms in total. The SMILES string of the molecule is CC(=O)N1c2ccc(/C(N)=C/N(N)CCO)cc2[C@H](NC(=O)OC(C)C)C[C@@H]1C. The van der Waals surface area contributed by atoms with Crippen molar-refractivity contribution in [3.63, 3.8) is 0 Å². The molecular weight excluding hydrogens is 374 g/mol. The highest BCUT2D eigenvalue weighted by molar-refractivity contribution is 5.94. The van der Waals surface area contributed by atoms with Crippen molar-refractivity contribution in [2.24, 2.45) is 11.6 Å². The molecule has 0 unspecified atom stereocenters. The van der Waals surface area contributed by atoms with Gasteiger partial charge in [-0.1, -0.05) is 6.07 Å². The number of fused-ring (bicyclic) bond motifs is 1. The standard InChI is InChI=1S/C20H31N5O4/c1-12(2)29-20(28)23-18-9-13(3)25(14(4)27)19-6-5-15(10-16(18)19)17(21)11-24(22)7-8-26/h5-6,10-13,18,26H,7-9,21-22H2,1-4H3,(H,23,28)/b17-11-/t13-,18+/m0/s1. The summed E-state index contributed by atoms with van der Waals surface area (Å²) in [4.78, 5) is 26.1. The molecular formula is C20H31N5O4. The predicted octanol–water partition coefficient (Wildman–Crippen LogP) is 1.43. The minimum Gasteiger partial charge on any atom is -0.447 e. The summed E-state index contributed by atoms with van der Waals surface area (Å²) < 4.78 is 5.22. The maximum atomic E-state index is 12.2. The van der Waals surface area contributed by atoms with Gasteiger partial charge in [0.2, 0.25) is 5.91 Å². The van der Waals surface area contributed by atoms with Gasteiger partial charge in [0.1, 0.15) is 0 Å². The van der Waals surface area contributed by atoms with Gasteiger partial charge in [-0.3, -0.25) is 4.79 Å². The minimum atomic E-state index is -0.510. The van der Waals surface area contributed by atoms with Crippen LogP contribution in [0.15, 0.2) is 24.4 Å². The molecule has 1 heterocycles. The Balaban J connectivity index is 2.43. The maximum absolute atomic E-state index is 12.2. The van der Waals surface area contributed by atoms with Crippen molar-refractivity contribution in [1.29, 1.82) is 0 Å². The molecule has 1 aliphatic heterocycles. The Morgan fingerprint density at radius 1 is 1.45 bits per heavy atom. The average molecular weight is 405 g/mol. The summed E-state index contributed by atoms with van der Waals surface area (Å²) >= 11 is 0. The van der Waals surface area contributed by atoms with Gasteiger partial charge in [-0.2, -0.15) is 0 Å². The van der Waals surface area contributed by atoms with E-state index in [0.717, 1.165) is 11.3 Å². The molecule has 0 bridgehead atoms. The second-order valence-electron chi connectivity index (χ2n) is 7.44. The summed E-state index contributed by atoms with van der Waals surface area (Å²) in [6.07, 6.45) is 1.32. The lowest BCUT2D eigenvalue weighted by Gasteiger charge is -2.39. The summed E-state index contributed by atoms with van der Waals surface area (Å²) in [5.74, 6) is 5.70. The monoisotopic (exact) mass is 405 g/mol.